The van der Waals surface area contributed by atoms with E-state index in [1.807, 2.05) is 7.05 Å². The highest BCUT2D eigenvalue weighted by atomic mass is 16.5. The van der Waals surface area contributed by atoms with Gasteiger partial charge in [-0.05, 0) is 32.9 Å². The molecule has 5 heteroatoms. The Hall–Kier alpha value is -0.650. The molecule has 1 aliphatic rings. The van der Waals surface area contributed by atoms with Crippen LogP contribution in [0.1, 0.15) is 12.8 Å². The molecular formula is C11H22N2O3. The van der Waals surface area contributed by atoms with Crippen LogP contribution in [-0.2, 0) is 9.53 Å². The van der Waals surface area contributed by atoms with E-state index in [1.165, 1.54) is 6.42 Å². The second-order valence-electron chi connectivity index (χ2n) is 4.48. The topological polar surface area (TPSA) is 61.8 Å². The summed E-state index contributed by atoms with van der Waals surface area (Å²) in [7, 11) is 3.64. The fourth-order valence-electron chi connectivity index (χ4n) is 2.07. The van der Waals surface area contributed by atoms with E-state index in [0.29, 0.717) is 12.5 Å². The van der Waals surface area contributed by atoms with Crippen LogP contribution in [0.3, 0.4) is 0 Å². The number of ether oxygens (including phenoxy) is 1. The first kappa shape index (κ1) is 13.4. The van der Waals surface area contributed by atoms with Gasteiger partial charge in [0.2, 0.25) is 0 Å². The van der Waals surface area contributed by atoms with Crippen molar-refractivity contribution >= 4 is 5.97 Å². The molecule has 1 aliphatic heterocycles. The summed E-state index contributed by atoms with van der Waals surface area (Å²) in [5, 5.41) is 11.7. The van der Waals surface area contributed by atoms with Gasteiger partial charge in [0, 0.05) is 19.7 Å². The molecule has 0 spiro atoms. The van der Waals surface area contributed by atoms with Crippen molar-refractivity contribution in [3.8, 4) is 0 Å². The third-order valence-electron chi connectivity index (χ3n) is 2.97. The molecule has 94 valence electrons. The van der Waals surface area contributed by atoms with Gasteiger partial charge in [0.1, 0.15) is 6.04 Å². The molecule has 0 bridgehead atoms. The van der Waals surface area contributed by atoms with Crippen molar-refractivity contribution in [1.29, 1.82) is 0 Å². The molecule has 1 saturated heterocycles. The zero-order valence-corrected chi connectivity index (χ0v) is 10.1. The minimum Gasteiger partial charge on any atom is -0.480 e. The lowest BCUT2D eigenvalue weighted by Crippen LogP contribution is -2.45. The Labute approximate surface area is 96.8 Å². The van der Waals surface area contributed by atoms with Crippen LogP contribution in [0.2, 0.25) is 0 Å². The van der Waals surface area contributed by atoms with Gasteiger partial charge in [0.15, 0.2) is 0 Å². The maximum atomic E-state index is 10.8. The molecule has 1 fully saturated rings. The van der Waals surface area contributed by atoms with E-state index >= 15 is 0 Å². The first-order valence-corrected chi connectivity index (χ1v) is 5.80. The molecule has 0 saturated carbocycles. The number of carbonyl (C=O) groups is 1. The van der Waals surface area contributed by atoms with Gasteiger partial charge >= 0.3 is 5.97 Å². The van der Waals surface area contributed by atoms with Crippen molar-refractivity contribution in [2.75, 3.05) is 40.4 Å². The van der Waals surface area contributed by atoms with E-state index in [1.54, 1.807) is 7.05 Å². The third kappa shape index (κ3) is 4.47. The van der Waals surface area contributed by atoms with Gasteiger partial charge < -0.3 is 20.1 Å². The van der Waals surface area contributed by atoms with Gasteiger partial charge in [-0.2, -0.15) is 0 Å². The predicted octanol–water partition coefficient (Wildman–Crippen LogP) is 0.0174. The molecule has 1 heterocycles. The fourth-order valence-corrected chi connectivity index (χ4v) is 2.07. The monoisotopic (exact) mass is 230 g/mol. The van der Waals surface area contributed by atoms with E-state index in [-0.39, 0.29) is 0 Å². The van der Waals surface area contributed by atoms with Gasteiger partial charge in [-0.1, -0.05) is 0 Å². The highest BCUT2D eigenvalue weighted by Crippen LogP contribution is 2.14. The van der Waals surface area contributed by atoms with Crippen molar-refractivity contribution in [3.63, 3.8) is 0 Å². The summed E-state index contributed by atoms with van der Waals surface area (Å²) in [6.45, 7) is 3.11. The molecule has 0 aliphatic carbocycles. The summed E-state index contributed by atoms with van der Waals surface area (Å²) in [6, 6.07) is -0.491. The predicted molar refractivity (Wildman–Crippen MR) is 61.5 cm³/mol. The smallest absolute Gasteiger partial charge is 0.322 e. The first-order valence-electron chi connectivity index (χ1n) is 5.80. The summed E-state index contributed by atoms with van der Waals surface area (Å²) < 4.78 is 5.40. The van der Waals surface area contributed by atoms with Crippen molar-refractivity contribution in [1.82, 2.24) is 10.2 Å². The highest BCUT2D eigenvalue weighted by molar-refractivity contribution is 5.73. The third-order valence-corrected chi connectivity index (χ3v) is 2.97. The van der Waals surface area contributed by atoms with Crippen LogP contribution in [-0.4, -0.2) is 62.4 Å². The zero-order valence-electron chi connectivity index (χ0n) is 10.1. The standard InChI is InChI=1S/C11H22N2O3/c1-12-10(11(14)15)7-13(2)6-9-4-3-5-16-8-9/h9-10,12H,3-8H2,1-2H3,(H,14,15). The quantitative estimate of drug-likeness (QED) is 0.673. The van der Waals surface area contributed by atoms with Crippen LogP contribution in [0.15, 0.2) is 0 Å². The molecule has 2 N–H and O–H groups in total. The van der Waals surface area contributed by atoms with Crippen molar-refractivity contribution in [3.05, 3.63) is 0 Å². The average molecular weight is 230 g/mol. The van der Waals surface area contributed by atoms with Crippen molar-refractivity contribution < 1.29 is 14.6 Å². The lowest BCUT2D eigenvalue weighted by Gasteiger charge is -2.28. The second kappa shape index (κ2) is 6.83. The number of carboxylic acids is 1. The summed E-state index contributed by atoms with van der Waals surface area (Å²) in [4.78, 5) is 12.9. The van der Waals surface area contributed by atoms with E-state index in [0.717, 1.165) is 26.2 Å². The van der Waals surface area contributed by atoms with Gasteiger partial charge in [0.05, 0.1) is 6.61 Å². The second-order valence-corrected chi connectivity index (χ2v) is 4.48. The molecule has 0 radical (unpaired) electrons. The Morgan fingerprint density at radius 3 is 2.94 bits per heavy atom. The van der Waals surface area contributed by atoms with Crippen molar-refractivity contribution in [2.24, 2.45) is 5.92 Å². The van der Waals surface area contributed by atoms with Crippen LogP contribution in [0.25, 0.3) is 0 Å². The normalized spacial score (nSPS) is 23.3. The molecule has 0 aromatic carbocycles. The molecule has 0 aromatic heterocycles. The van der Waals surface area contributed by atoms with Crippen LogP contribution in [0.4, 0.5) is 0 Å². The minimum absolute atomic E-state index is 0.491. The lowest BCUT2D eigenvalue weighted by atomic mass is 10.0. The number of nitrogens with zero attached hydrogens (tertiary/aromatic N) is 1. The Morgan fingerprint density at radius 2 is 2.44 bits per heavy atom. The fraction of sp³-hybridized carbons (Fsp3) is 0.909. The summed E-state index contributed by atoms with van der Waals surface area (Å²) in [5.41, 5.74) is 0. The summed E-state index contributed by atoms with van der Waals surface area (Å²) in [6.07, 6.45) is 2.30. The number of likely N-dealkylation sites (N-methyl/N-ethyl adjacent to an activating group) is 2. The number of carboxylic acid groups (broad SMARTS) is 1. The number of hydrogen-bond acceptors (Lipinski definition) is 4. The molecular weight excluding hydrogens is 208 g/mol. The maximum absolute atomic E-state index is 10.8. The molecule has 2 unspecified atom stereocenters. The highest BCUT2D eigenvalue weighted by Gasteiger charge is 2.20. The maximum Gasteiger partial charge on any atom is 0.322 e. The summed E-state index contributed by atoms with van der Waals surface area (Å²) in [5.74, 6) is -0.251. The number of rotatable bonds is 6. The van der Waals surface area contributed by atoms with Gasteiger partial charge in [0.25, 0.3) is 0 Å². The molecule has 16 heavy (non-hydrogen) atoms. The van der Waals surface area contributed by atoms with E-state index < -0.39 is 12.0 Å². The van der Waals surface area contributed by atoms with Gasteiger partial charge in [-0.25, -0.2) is 0 Å². The first-order chi connectivity index (χ1) is 7.63. The minimum atomic E-state index is -0.797. The largest absolute Gasteiger partial charge is 0.480 e. The number of aliphatic carboxylic acids is 1. The van der Waals surface area contributed by atoms with E-state index in [2.05, 4.69) is 10.2 Å². The Kier molecular flexibility index (Phi) is 5.73. The Bertz CT molecular complexity index is 217. The SMILES string of the molecule is CNC(CN(C)CC1CCCOC1)C(=O)O. The van der Waals surface area contributed by atoms with E-state index in [9.17, 15) is 4.79 Å². The average Bonchev–Trinajstić information content (AvgIpc) is 2.27. The van der Waals surface area contributed by atoms with Crippen LogP contribution in [0.5, 0.6) is 0 Å². The van der Waals surface area contributed by atoms with Crippen LogP contribution in [0, 0.1) is 5.92 Å². The summed E-state index contributed by atoms with van der Waals surface area (Å²) >= 11 is 0. The lowest BCUT2D eigenvalue weighted by molar-refractivity contribution is -0.139. The Balaban J connectivity index is 2.27. The number of nitrogens with one attached hydrogen (secondary N) is 1. The molecule has 2 atom stereocenters. The molecule has 0 aromatic rings. The van der Waals surface area contributed by atoms with Gasteiger partial charge in [-0.15, -0.1) is 0 Å². The van der Waals surface area contributed by atoms with Gasteiger partial charge in [-0.3, -0.25) is 4.79 Å². The van der Waals surface area contributed by atoms with Crippen LogP contribution >= 0.6 is 0 Å². The van der Waals surface area contributed by atoms with Crippen LogP contribution < -0.4 is 5.32 Å². The molecule has 0 amide bonds. The Morgan fingerprint density at radius 1 is 1.69 bits per heavy atom. The van der Waals surface area contributed by atoms with E-state index in [4.69, 9.17) is 9.84 Å². The van der Waals surface area contributed by atoms with Crippen molar-refractivity contribution in [2.45, 2.75) is 18.9 Å². The number of hydrogen-bond donors (Lipinski definition) is 2. The zero-order chi connectivity index (χ0) is 12.0. The molecule has 5 nitrogen and oxygen atoms in total. The molecule has 1 rings (SSSR count).